The predicted molar refractivity (Wildman–Crippen MR) is 99.6 cm³/mol. The molecule has 136 valence electrons. The van der Waals surface area contributed by atoms with Crippen LogP contribution >= 0.6 is 0 Å². The summed E-state index contributed by atoms with van der Waals surface area (Å²) in [5.74, 6) is 0.679. The monoisotopic (exact) mass is 345 g/mol. The van der Waals surface area contributed by atoms with E-state index in [0.717, 1.165) is 11.3 Å². The van der Waals surface area contributed by atoms with Crippen LogP contribution in [0.1, 0.15) is 31.7 Å². The highest BCUT2D eigenvalue weighted by atomic mass is 16.2. The van der Waals surface area contributed by atoms with Crippen LogP contribution in [-0.2, 0) is 9.59 Å². The fourth-order valence-corrected chi connectivity index (χ4v) is 2.85. The maximum absolute atomic E-state index is 11.9. The molecule has 1 aromatic carbocycles. The van der Waals surface area contributed by atoms with E-state index < -0.39 is 5.41 Å². The summed E-state index contributed by atoms with van der Waals surface area (Å²) < 4.78 is 0. The number of anilines is 1. The number of aliphatic imine (C=N–C) groups is 1. The Morgan fingerprint density at radius 3 is 2.72 bits per heavy atom. The molecule has 0 aromatic heterocycles. The summed E-state index contributed by atoms with van der Waals surface area (Å²) in [7, 11) is 3.31. The fourth-order valence-electron chi connectivity index (χ4n) is 2.85. The Morgan fingerprint density at radius 1 is 1.32 bits per heavy atom. The minimum atomic E-state index is -0.552. The van der Waals surface area contributed by atoms with E-state index in [2.05, 4.69) is 26.3 Å². The lowest BCUT2D eigenvalue weighted by atomic mass is 9.90. The van der Waals surface area contributed by atoms with Crippen LogP contribution in [0.2, 0.25) is 0 Å². The molecular formula is C18H27N5O2. The molecule has 0 aliphatic carbocycles. The first-order chi connectivity index (χ1) is 11.9. The molecule has 0 spiro atoms. The summed E-state index contributed by atoms with van der Waals surface area (Å²) in [6, 6.07) is 7.84. The number of carbonyl (C=O) groups excluding carboxylic acids is 2. The van der Waals surface area contributed by atoms with E-state index in [-0.39, 0.29) is 17.7 Å². The molecule has 7 heteroatoms. The molecule has 2 rings (SSSR count). The second-order valence-corrected chi connectivity index (χ2v) is 6.81. The Labute approximate surface area is 148 Å². The molecule has 25 heavy (non-hydrogen) atoms. The SMILES string of the molecule is CN=C(NCC1CC(=O)Nc2ccccc21)NCC(C)(C)C(=O)NC. The average molecular weight is 345 g/mol. The zero-order chi connectivity index (χ0) is 18.4. The largest absolute Gasteiger partial charge is 0.359 e. The van der Waals surface area contributed by atoms with E-state index in [1.54, 1.807) is 14.1 Å². The highest BCUT2D eigenvalue weighted by molar-refractivity contribution is 5.94. The summed E-state index contributed by atoms with van der Waals surface area (Å²) in [5, 5.41) is 12.0. The van der Waals surface area contributed by atoms with Gasteiger partial charge in [-0.05, 0) is 25.5 Å². The number of nitrogens with one attached hydrogen (secondary N) is 4. The molecule has 0 saturated carbocycles. The van der Waals surface area contributed by atoms with Crippen molar-refractivity contribution in [3.63, 3.8) is 0 Å². The van der Waals surface area contributed by atoms with Crippen LogP contribution < -0.4 is 21.3 Å². The number of hydrogen-bond acceptors (Lipinski definition) is 3. The zero-order valence-electron chi connectivity index (χ0n) is 15.3. The van der Waals surface area contributed by atoms with Crippen LogP contribution in [0.5, 0.6) is 0 Å². The summed E-state index contributed by atoms with van der Waals surface area (Å²) >= 11 is 0. The molecule has 1 atom stereocenters. The normalized spacial score (nSPS) is 17.4. The Kier molecular flexibility index (Phi) is 6.01. The van der Waals surface area contributed by atoms with Crippen molar-refractivity contribution < 1.29 is 9.59 Å². The zero-order valence-corrected chi connectivity index (χ0v) is 15.3. The van der Waals surface area contributed by atoms with Gasteiger partial charge in [-0.3, -0.25) is 14.6 Å². The fraction of sp³-hybridized carbons (Fsp3) is 0.500. The van der Waals surface area contributed by atoms with Crippen LogP contribution in [-0.4, -0.2) is 45.0 Å². The number of hydrogen-bond donors (Lipinski definition) is 4. The minimum absolute atomic E-state index is 0.0224. The van der Waals surface area contributed by atoms with Crippen LogP contribution in [0.4, 0.5) is 5.69 Å². The molecule has 4 N–H and O–H groups in total. The van der Waals surface area contributed by atoms with Crippen molar-refractivity contribution in [1.29, 1.82) is 0 Å². The molecule has 2 amide bonds. The summed E-state index contributed by atoms with van der Waals surface area (Å²) in [5.41, 5.74) is 1.44. The van der Waals surface area contributed by atoms with Gasteiger partial charge in [0.15, 0.2) is 5.96 Å². The number of guanidine groups is 1. The molecule has 0 fully saturated rings. The predicted octanol–water partition coefficient (Wildman–Crippen LogP) is 1.05. The first-order valence-electron chi connectivity index (χ1n) is 8.43. The molecule has 1 unspecified atom stereocenters. The van der Waals surface area contributed by atoms with E-state index in [4.69, 9.17) is 0 Å². The van der Waals surface area contributed by atoms with Crippen molar-refractivity contribution in [2.45, 2.75) is 26.2 Å². The number of para-hydroxylation sites is 1. The molecule has 0 bridgehead atoms. The third-order valence-electron chi connectivity index (χ3n) is 4.39. The number of nitrogens with zero attached hydrogens (tertiary/aromatic N) is 1. The Hall–Kier alpha value is -2.57. The van der Waals surface area contributed by atoms with E-state index in [0.29, 0.717) is 25.5 Å². The molecule has 7 nitrogen and oxygen atoms in total. The highest BCUT2D eigenvalue weighted by Gasteiger charge is 2.27. The van der Waals surface area contributed by atoms with E-state index in [1.807, 2.05) is 38.1 Å². The molecular weight excluding hydrogens is 318 g/mol. The van der Waals surface area contributed by atoms with Crippen molar-refractivity contribution >= 4 is 23.5 Å². The van der Waals surface area contributed by atoms with Crippen LogP contribution in [0.25, 0.3) is 0 Å². The van der Waals surface area contributed by atoms with Gasteiger partial charge in [0.1, 0.15) is 0 Å². The van der Waals surface area contributed by atoms with Crippen molar-refractivity contribution in [2.24, 2.45) is 10.4 Å². The lowest BCUT2D eigenvalue weighted by molar-refractivity contribution is -0.128. The van der Waals surface area contributed by atoms with Gasteiger partial charge in [-0.25, -0.2) is 0 Å². The first kappa shape index (κ1) is 18.8. The van der Waals surface area contributed by atoms with Gasteiger partial charge in [-0.1, -0.05) is 18.2 Å². The minimum Gasteiger partial charge on any atom is -0.359 e. The van der Waals surface area contributed by atoms with E-state index in [9.17, 15) is 9.59 Å². The van der Waals surface area contributed by atoms with Gasteiger partial charge in [0.2, 0.25) is 11.8 Å². The molecule has 1 aliphatic heterocycles. The maximum atomic E-state index is 11.9. The molecule has 1 aromatic rings. The van der Waals surface area contributed by atoms with Gasteiger partial charge in [0, 0.05) is 45.2 Å². The van der Waals surface area contributed by atoms with Gasteiger partial charge in [0.25, 0.3) is 0 Å². The second-order valence-electron chi connectivity index (χ2n) is 6.81. The van der Waals surface area contributed by atoms with Crippen LogP contribution in [0.15, 0.2) is 29.3 Å². The standard InChI is InChI=1S/C18H27N5O2/c1-18(2,16(25)19-3)11-22-17(20-4)21-10-12-9-15(24)23-14-8-6-5-7-13(12)14/h5-8,12H,9-11H2,1-4H3,(H,19,25)(H,23,24)(H2,20,21,22). The summed E-state index contributed by atoms with van der Waals surface area (Å²) in [6.07, 6.45) is 0.435. The Morgan fingerprint density at radius 2 is 2.04 bits per heavy atom. The number of benzene rings is 1. The van der Waals surface area contributed by atoms with Crippen molar-refractivity contribution in [3.05, 3.63) is 29.8 Å². The number of rotatable bonds is 5. The van der Waals surface area contributed by atoms with E-state index >= 15 is 0 Å². The van der Waals surface area contributed by atoms with Crippen molar-refractivity contribution in [3.8, 4) is 0 Å². The third kappa shape index (κ3) is 4.71. The number of carbonyl (C=O) groups is 2. The van der Waals surface area contributed by atoms with Crippen molar-refractivity contribution in [1.82, 2.24) is 16.0 Å². The number of fused-ring (bicyclic) bond motifs is 1. The van der Waals surface area contributed by atoms with Gasteiger partial charge in [-0.15, -0.1) is 0 Å². The van der Waals surface area contributed by atoms with Crippen LogP contribution in [0, 0.1) is 5.41 Å². The molecule has 0 radical (unpaired) electrons. The average Bonchev–Trinajstić information content (AvgIpc) is 2.60. The Balaban J connectivity index is 1.95. The maximum Gasteiger partial charge on any atom is 0.227 e. The van der Waals surface area contributed by atoms with Gasteiger partial charge in [-0.2, -0.15) is 0 Å². The first-order valence-corrected chi connectivity index (χ1v) is 8.43. The summed E-state index contributed by atoms with van der Waals surface area (Å²) in [4.78, 5) is 27.9. The molecule has 0 saturated heterocycles. The lowest BCUT2D eigenvalue weighted by Crippen LogP contribution is -2.48. The summed E-state index contributed by atoms with van der Waals surface area (Å²) in [6.45, 7) is 4.78. The molecule has 1 aliphatic rings. The smallest absolute Gasteiger partial charge is 0.227 e. The quantitative estimate of drug-likeness (QED) is 0.474. The third-order valence-corrected chi connectivity index (χ3v) is 4.39. The number of amides is 2. The highest BCUT2D eigenvalue weighted by Crippen LogP contribution is 2.31. The van der Waals surface area contributed by atoms with Gasteiger partial charge < -0.3 is 21.3 Å². The van der Waals surface area contributed by atoms with E-state index in [1.165, 1.54) is 0 Å². The second kappa shape index (κ2) is 8.00. The topological polar surface area (TPSA) is 94.6 Å². The van der Waals surface area contributed by atoms with Crippen LogP contribution in [0.3, 0.4) is 0 Å². The van der Waals surface area contributed by atoms with Gasteiger partial charge >= 0.3 is 0 Å². The van der Waals surface area contributed by atoms with Gasteiger partial charge in [0.05, 0.1) is 5.41 Å². The lowest BCUT2D eigenvalue weighted by Gasteiger charge is -2.27. The molecule has 1 heterocycles. The van der Waals surface area contributed by atoms with Crippen molar-refractivity contribution in [2.75, 3.05) is 32.5 Å². The Bertz CT molecular complexity index is 669.